The van der Waals surface area contributed by atoms with Gasteiger partial charge in [0, 0.05) is 19.4 Å². The van der Waals surface area contributed by atoms with Gasteiger partial charge in [-0.1, -0.05) is 28.9 Å². The molecule has 0 N–H and O–H groups in total. The summed E-state index contributed by atoms with van der Waals surface area (Å²) in [6, 6.07) is 7.60. The maximum Gasteiger partial charge on any atom is 0.223 e. The number of para-hydroxylation sites is 1. The molecule has 0 amide bonds. The first kappa shape index (κ1) is 15.3. The predicted octanol–water partition coefficient (Wildman–Crippen LogP) is 3.32. The zero-order valence-corrected chi connectivity index (χ0v) is 13.4. The monoisotopic (exact) mass is 321 g/mol. The number of rotatable bonds is 5. The van der Waals surface area contributed by atoms with Crippen molar-refractivity contribution in [3.8, 4) is 5.75 Å². The fourth-order valence-corrected chi connectivity index (χ4v) is 3.00. The molecule has 1 aliphatic heterocycles. The first-order valence-electron chi connectivity index (χ1n) is 7.59. The zero-order valence-electron chi connectivity index (χ0n) is 12.7. The summed E-state index contributed by atoms with van der Waals surface area (Å²) in [5.74, 6) is 2.63. The average molecular weight is 322 g/mol. The van der Waals surface area contributed by atoms with E-state index in [0.717, 1.165) is 37.6 Å². The summed E-state index contributed by atoms with van der Waals surface area (Å²) in [6.07, 6.45) is 2.33. The number of halogens is 1. The number of aryl methyl sites for hydroxylation is 1. The summed E-state index contributed by atoms with van der Waals surface area (Å²) in [5.41, 5.74) is 0. The first-order valence-corrected chi connectivity index (χ1v) is 7.97. The molecule has 5 nitrogen and oxygen atoms in total. The van der Waals surface area contributed by atoms with Gasteiger partial charge in [0.25, 0.3) is 0 Å². The van der Waals surface area contributed by atoms with Gasteiger partial charge in [0.05, 0.1) is 18.2 Å². The molecule has 1 aliphatic rings. The Bertz CT molecular complexity index is 617. The van der Waals surface area contributed by atoms with Gasteiger partial charge >= 0.3 is 0 Å². The fourth-order valence-electron chi connectivity index (χ4n) is 2.81. The van der Waals surface area contributed by atoms with Crippen LogP contribution in [-0.4, -0.2) is 34.7 Å². The minimum absolute atomic E-state index is 0.498. The van der Waals surface area contributed by atoms with E-state index in [9.17, 15) is 0 Å². The largest absolute Gasteiger partial charge is 0.492 e. The molecule has 1 saturated heterocycles. The van der Waals surface area contributed by atoms with Crippen LogP contribution in [0.4, 0.5) is 0 Å². The van der Waals surface area contributed by atoms with Crippen molar-refractivity contribution in [2.75, 3.05) is 19.7 Å². The van der Waals surface area contributed by atoms with Gasteiger partial charge in [0.15, 0.2) is 5.82 Å². The maximum atomic E-state index is 6.12. The zero-order chi connectivity index (χ0) is 15.4. The van der Waals surface area contributed by atoms with Crippen molar-refractivity contribution in [1.82, 2.24) is 15.0 Å². The van der Waals surface area contributed by atoms with Crippen LogP contribution in [-0.2, 0) is 6.54 Å². The van der Waals surface area contributed by atoms with Crippen molar-refractivity contribution < 1.29 is 9.26 Å². The number of ether oxygens (including phenoxy) is 1. The van der Waals surface area contributed by atoms with Gasteiger partial charge in [-0.3, -0.25) is 4.90 Å². The lowest BCUT2D eigenvalue weighted by Crippen LogP contribution is -2.37. The Labute approximate surface area is 135 Å². The summed E-state index contributed by atoms with van der Waals surface area (Å²) in [4.78, 5) is 6.62. The number of likely N-dealkylation sites (tertiary alicyclic amines) is 1. The van der Waals surface area contributed by atoms with E-state index in [0.29, 0.717) is 23.4 Å². The van der Waals surface area contributed by atoms with E-state index in [1.165, 1.54) is 6.42 Å². The molecule has 1 atom stereocenters. The number of hydrogen-bond donors (Lipinski definition) is 0. The van der Waals surface area contributed by atoms with Crippen molar-refractivity contribution in [3.05, 3.63) is 41.0 Å². The smallest absolute Gasteiger partial charge is 0.223 e. The Morgan fingerprint density at radius 1 is 1.41 bits per heavy atom. The Hall–Kier alpha value is -1.59. The first-order chi connectivity index (χ1) is 10.7. The van der Waals surface area contributed by atoms with Gasteiger partial charge in [-0.05, 0) is 31.5 Å². The number of piperidine rings is 1. The fraction of sp³-hybridized carbons (Fsp3) is 0.500. The van der Waals surface area contributed by atoms with E-state index >= 15 is 0 Å². The molecule has 0 saturated carbocycles. The summed E-state index contributed by atoms with van der Waals surface area (Å²) in [6.45, 7) is 5.28. The van der Waals surface area contributed by atoms with Gasteiger partial charge in [-0.25, -0.2) is 0 Å². The summed E-state index contributed by atoms with van der Waals surface area (Å²) < 4.78 is 10.9. The molecule has 6 heteroatoms. The molecular weight excluding hydrogens is 302 g/mol. The molecule has 3 rings (SSSR count). The molecule has 2 heterocycles. The molecule has 118 valence electrons. The van der Waals surface area contributed by atoms with Gasteiger partial charge in [0.2, 0.25) is 5.89 Å². The molecule has 22 heavy (non-hydrogen) atoms. The highest BCUT2D eigenvalue weighted by molar-refractivity contribution is 6.32. The topological polar surface area (TPSA) is 51.4 Å². The Morgan fingerprint density at radius 2 is 2.27 bits per heavy atom. The molecule has 2 aromatic rings. The second-order valence-electron chi connectivity index (χ2n) is 5.71. The van der Waals surface area contributed by atoms with E-state index < -0.39 is 0 Å². The van der Waals surface area contributed by atoms with E-state index in [4.69, 9.17) is 20.9 Å². The molecule has 0 spiro atoms. The minimum atomic E-state index is 0.498. The average Bonchev–Trinajstić information content (AvgIpc) is 2.92. The Balaban J connectivity index is 1.51. The number of benzene rings is 1. The molecular formula is C16H20ClN3O2. The number of nitrogens with zero attached hydrogens (tertiary/aromatic N) is 3. The molecule has 0 bridgehead atoms. The van der Waals surface area contributed by atoms with Crippen molar-refractivity contribution >= 4 is 11.6 Å². The van der Waals surface area contributed by atoms with Crippen LogP contribution >= 0.6 is 11.6 Å². The molecule has 1 aromatic heterocycles. The standard InChI is InChI=1S/C16H20ClN3O2/c1-12-18-16(19-22-12)10-20-8-4-5-13(9-20)11-21-15-7-3-2-6-14(15)17/h2-3,6-7,13H,4-5,8-11H2,1H3/t13-/m0/s1. The molecule has 0 radical (unpaired) electrons. The van der Waals surface area contributed by atoms with E-state index in [1.807, 2.05) is 31.2 Å². The third-order valence-corrected chi connectivity index (χ3v) is 4.16. The van der Waals surface area contributed by atoms with Gasteiger partial charge in [0.1, 0.15) is 5.75 Å². The summed E-state index contributed by atoms with van der Waals surface area (Å²) in [7, 11) is 0. The van der Waals surface area contributed by atoms with Gasteiger partial charge in [-0.2, -0.15) is 4.98 Å². The molecule has 0 unspecified atom stereocenters. The van der Waals surface area contributed by atoms with E-state index in [1.54, 1.807) is 0 Å². The third-order valence-electron chi connectivity index (χ3n) is 3.85. The number of hydrogen-bond acceptors (Lipinski definition) is 5. The van der Waals surface area contributed by atoms with Gasteiger partial charge in [-0.15, -0.1) is 0 Å². The van der Waals surface area contributed by atoms with E-state index in [-0.39, 0.29) is 0 Å². The van der Waals surface area contributed by atoms with Crippen LogP contribution in [0.3, 0.4) is 0 Å². The lowest BCUT2D eigenvalue weighted by Gasteiger charge is -2.31. The van der Waals surface area contributed by atoms with Crippen LogP contribution in [0.25, 0.3) is 0 Å². The highest BCUT2D eigenvalue weighted by Gasteiger charge is 2.22. The quantitative estimate of drug-likeness (QED) is 0.845. The Kier molecular flexibility index (Phi) is 4.95. The van der Waals surface area contributed by atoms with Crippen LogP contribution in [0, 0.1) is 12.8 Å². The Morgan fingerprint density at radius 3 is 3.05 bits per heavy atom. The van der Waals surface area contributed by atoms with Crippen molar-refractivity contribution in [2.24, 2.45) is 5.92 Å². The van der Waals surface area contributed by atoms with Crippen molar-refractivity contribution in [3.63, 3.8) is 0 Å². The molecule has 1 fully saturated rings. The molecule has 1 aromatic carbocycles. The van der Waals surface area contributed by atoms with Crippen LogP contribution < -0.4 is 4.74 Å². The molecule has 0 aliphatic carbocycles. The van der Waals surface area contributed by atoms with Crippen molar-refractivity contribution in [2.45, 2.75) is 26.3 Å². The lowest BCUT2D eigenvalue weighted by atomic mass is 9.99. The normalized spacial score (nSPS) is 19.3. The highest BCUT2D eigenvalue weighted by atomic mass is 35.5. The SMILES string of the molecule is Cc1nc(CN2CCC[C@H](COc3ccccc3Cl)C2)no1. The lowest BCUT2D eigenvalue weighted by molar-refractivity contribution is 0.122. The van der Waals surface area contributed by atoms with Crippen LogP contribution in [0.15, 0.2) is 28.8 Å². The summed E-state index contributed by atoms with van der Waals surface area (Å²) in [5, 5.41) is 4.63. The van der Waals surface area contributed by atoms with Crippen LogP contribution in [0.5, 0.6) is 5.75 Å². The second kappa shape index (κ2) is 7.11. The maximum absolute atomic E-state index is 6.12. The van der Waals surface area contributed by atoms with Crippen LogP contribution in [0.1, 0.15) is 24.6 Å². The van der Waals surface area contributed by atoms with Crippen molar-refractivity contribution in [1.29, 1.82) is 0 Å². The minimum Gasteiger partial charge on any atom is -0.492 e. The predicted molar refractivity (Wildman–Crippen MR) is 84.0 cm³/mol. The number of aromatic nitrogens is 2. The summed E-state index contributed by atoms with van der Waals surface area (Å²) >= 11 is 6.12. The third kappa shape index (κ3) is 3.99. The van der Waals surface area contributed by atoms with Crippen LogP contribution in [0.2, 0.25) is 5.02 Å². The second-order valence-corrected chi connectivity index (χ2v) is 6.12. The van der Waals surface area contributed by atoms with Gasteiger partial charge < -0.3 is 9.26 Å². The highest BCUT2D eigenvalue weighted by Crippen LogP contribution is 2.25. The van der Waals surface area contributed by atoms with E-state index in [2.05, 4.69) is 15.0 Å².